The van der Waals surface area contributed by atoms with Crippen LogP contribution >= 0.6 is 11.6 Å². The van der Waals surface area contributed by atoms with Gasteiger partial charge in [-0.1, -0.05) is 18.5 Å². The number of carbonyl (C=O) groups is 2. The van der Waals surface area contributed by atoms with Crippen LogP contribution in [-0.2, 0) is 9.59 Å². The van der Waals surface area contributed by atoms with Gasteiger partial charge in [-0.25, -0.2) is 0 Å². The molecular formula is C13H16ClNO3. The molecule has 1 amide bonds. The van der Waals surface area contributed by atoms with Crippen LogP contribution in [-0.4, -0.2) is 17.0 Å². The number of benzene rings is 1. The lowest BCUT2D eigenvalue weighted by Crippen LogP contribution is -2.17. The second kappa shape index (κ2) is 6.40. The van der Waals surface area contributed by atoms with Crippen molar-refractivity contribution in [3.8, 4) is 0 Å². The fourth-order valence-corrected chi connectivity index (χ4v) is 1.88. The number of hydrogen-bond donors (Lipinski definition) is 2. The van der Waals surface area contributed by atoms with Gasteiger partial charge in [0.2, 0.25) is 5.91 Å². The third-order valence-electron chi connectivity index (χ3n) is 2.52. The molecule has 0 unspecified atom stereocenters. The van der Waals surface area contributed by atoms with Crippen molar-refractivity contribution in [1.29, 1.82) is 0 Å². The molecule has 98 valence electrons. The van der Waals surface area contributed by atoms with Crippen LogP contribution in [0.5, 0.6) is 0 Å². The summed E-state index contributed by atoms with van der Waals surface area (Å²) >= 11 is 5.82. The van der Waals surface area contributed by atoms with Crippen molar-refractivity contribution in [2.45, 2.75) is 26.7 Å². The average Bonchev–Trinajstić information content (AvgIpc) is 2.20. The van der Waals surface area contributed by atoms with E-state index in [1.165, 1.54) is 0 Å². The molecule has 0 saturated heterocycles. The van der Waals surface area contributed by atoms with Gasteiger partial charge >= 0.3 is 5.97 Å². The summed E-state index contributed by atoms with van der Waals surface area (Å²) in [6, 6.07) is 5.19. The Morgan fingerprint density at radius 3 is 2.61 bits per heavy atom. The summed E-state index contributed by atoms with van der Waals surface area (Å²) in [5.41, 5.74) is 1.58. The van der Waals surface area contributed by atoms with Crippen molar-refractivity contribution in [2.75, 3.05) is 5.32 Å². The van der Waals surface area contributed by atoms with E-state index in [4.69, 9.17) is 16.7 Å². The van der Waals surface area contributed by atoms with Gasteiger partial charge < -0.3 is 10.4 Å². The third kappa shape index (κ3) is 4.75. The summed E-state index contributed by atoms with van der Waals surface area (Å²) in [7, 11) is 0. The van der Waals surface area contributed by atoms with Crippen LogP contribution in [0.15, 0.2) is 18.2 Å². The molecular weight excluding hydrogens is 254 g/mol. The van der Waals surface area contributed by atoms with E-state index >= 15 is 0 Å². The van der Waals surface area contributed by atoms with Crippen LogP contribution in [0.2, 0.25) is 5.02 Å². The normalized spacial score (nSPS) is 11.9. The fraction of sp³-hybridized carbons (Fsp3) is 0.385. The molecule has 1 atom stereocenters. The lowest BCUT2D eigenvalue weighted by molar-refractivity contribution is -0.138. The number of carboxylic acid groups (broad SMARTS) is 1. The van der Waals surface area contributed by atoms with Gasteiger partial charge in [0.05, 0.1) is 0 Å². The Hall–Kier alpha value is -1.55. The van der Waals surface area contributed by atoms with Crippen LogP contribution in [0.25, 0.3) is 0 Å². The van der Waals surface area contributed by atoms with Crippen LogP contribution < -0.4 is 5.32 Å². The highest BCUT2D eigenvalue weighted by atomic mass is 35.5. The van der Waals surface area contributed by atoms with Crippen LogP contribution in [0.4, 0.5) is 5.69 Å². The van der Waals surface area contributed by atoms with Gasteiger partial charge in [0, 0.05) is 23.6 Å². The van der Waals surface area contributed by atoms with E-state index in [1.807, 2.05) is 6.92 Å². The fourth-order valence-electron chi connectivity index (χ4n) is 1.66. The Labute approximate surface area is 111 Å². The van der Waals surface area contributed by atoms with Crippen LogP contribution in [0, 0.1) is 12.8 Å². The van der Waals surface area contributed by atoms with Gasteiger partial charge in [-0.15, -0.1) is 0 Å². The summed E-state index contributed by atoms with van der Waals surface area (Å²) < 4.78 is 0. The molecule has 0 aliphatic rings. The highest BCUT2D eigenvalue weighted by molar-refractivity contribution is 6.30. The van der Waals surface area contributed by atoms with Crippen molar-refractivity contribution >= 4 is 29.2 Å². The lowest BCUT2D eigenvalue weighted by atomic mass is 10.0. The highest BCUT2D eigenvalue weighted by Crippen LogP contribution is 2.20. The Morgan fingerprint density at radius 1 is 1.39 bits per heavy atom. The van der Waals surface area contributed by atoms with E-state index in [0.717, 1.165) is 5.56 Å². The third-order valence-corrected chi connectivity index (χ3v) is 2.75. The molecule has 0 aliphatic heterocycles. The number of rotatable bonds is 5. The molecule has 0 saturated carbocycles. The molecule has 0 aliphatic carbocycles. The molecule has 1 aromatic carbocycles. The largest absolute Gasteiger partial charge is 0.481 e. The van der Waals surface area contributed by atoms with Gasteiger partial charge in [-0.3, -0.25) is 9.59 Å². The SMILES string of the molecule is Cc1cc(Cl)ccc1NC(=O)C[C@@H](C)CC(=O)O. The zero-order chi connectivity index (χ0) is 13.7. The van der Waals surface area contributed by atoms with E-state index in [0.29, 0.717) is 10.7 Å². The number of carbonyl (C=O) groups excluding carboxylic acids is 1. The van der Waals surface area contributed by atoms with Crippen LogP contribution in [0.1, 0.15) is 25.3 Å². The summed E-state index contributed by atoms with van der Waals surface area (Å²) in [6.45, 7) is 3.59. The maximum absolute atomic E-state index is 11.7. The summed E-state index contributed by atoms with van der Waals surface area (Å²) in [4.78, 5) is 22.2. The minimum atomic E-state index is -0.891. The van der Waals surface area contributed by atoms with Crippen LogP contribution in [0.3, 0.4) is 0 Å². The number of halogens is 1. The molecule has 1 aromatic rings. The summed E-state index contributed by atoms with van der Waals surface area (Å²) in [5, 5.41) is 12.0. The van der Waals surface area contributed by atoms with Crippen molar-refractivity contribution in [3.63, 3.8) is 0 Å². The minimum absolute atomic E-state index is 0.00692. The maximum Gasteiger partial charge on any atom is 0.303 e. The van der Waals surface area contributed by atoms with E-state index in [1.54, 1.807) is 25.1 Å². The Balaban J connectivity index is 2.56. The van der Waals surface area contributed by atoms with E-state index in [-0.39, 0.29) is 24.7 Å². The minimum Gasteiger partial charge on any atom is -0.481 e. The molecule has 0 bridgehead atoms. The summed E-state index contributed by atoms with van der Waals surface area (Å²) in [6.07, 6.45) is 0.182. The zero-order valence-electron chi connectivity index (χ0n) is 10.4. The highest BCUT2D eigenvalue weighted by Gasteiger charge is 2.13. The molecule has 0 aromatic heterocycles. The quantitative estimate of drug-likeness (QED) is 0.863. The predicted molar refractivity (Wildman–Crippen MR) is 70.9 cm³/mol. The zero-order valence-corrected chi connectivity index (χ0v) is 11.1. The molecule has 1 rings (SSSR count). The smallest absolute Gasteiger partial charge is 0.303 e. The van der Waals surface area contributed by atoms with Crippen molar-refractivity contribution in [3.05, 3.63) is 28.8 Å². The van der Waals surface area contributed by atoms with Crippen molar-refractivity contribution in [1.82, 2.24) is 0 Å². The number of amides is 1. The first-order chi connectivity index (χ1) is 8.38. The molecule has 0 fully saturated rings. The van der Waals surface area contributed by atoms with Crippen molar-refractivity contribution in [2.24, 2.45) is 5.92 Å². The Kier molecular flexibility index (Phi) is 5.16. The first kappa shape index (κ1) is 14.5. The first-order valence-electron chi connectivity index (χ1n) is 5.66. The first-order valence-corrected chi connectivity index (χ1v) is 6.04. The van der Waals surface area contributed by atoms with Gasteiger partial charge in [0.15, 0.2) is 0 Å². The summed E-state index contributed by atoms with van der Waals surface area (Å²) in [5.74, 6) is -1.26. The maximum atomic E-state index is 11.7. The molecule has 0 spiro atoms. The number of aliphatic carboxylic acids is 1. The van der Waals surface area contributed by atoms with Gasteiger partial charge in [0.25, 0.3) is 0 Å². The number of aryl methyl sites for hydroxylation is 1. The lowest BCUT2D eigenvalue weighted by Gasteiger charge is -2.11. The number of nitrogens with one attached hydrogen (secondary N) is 1. The molecule has 0 heterocycles. The topological polar surface area (TPSA) is 66.4 Å². The van der Waals surface area contributed by atoms with E-state index in [9.17, 15) is 9.59 Å². The second-order valence-electron chi connectivity index (χ2n) is 4.41. The standard InChI is InChI=1S/C13H16ClNO3/c1-8(6-13(17)18)5-12(16)15-11-4-3-10(14)7-9(11)2/h3-4,7-8H,5-6H2,1-2H3,(H,15,16)(H,17,18)/t8-/m1/s1. The molecule has 0 radical (unpaired) electrons. The molecule has 2 N–H and O–H groups in total. The van der Waals surface area contributed by atoms with E-state index < -0.39 is 5.97 Å². The average molecular weight is 270 g/mol. The second-order valence-corrected chi connectivity index (χ2v) is 4.85. The monoisotopic (exact) mass is 269 g/mol. The molecule has 4 nitrogen and oxygen atoms in total. The molecule has 18 heavy (non-hydrogen) atoms. The molecule has 5 heteroatoms. The Bertz CT molecular complexity index is 460. The Morgan fingerprint density at radius 2 is 2.06 bits per heavy atom. The van der Waals surface area contributed by atoms with Crippen molar-refractivity contribution < 1.29 is 14.7 Å². The van der Waals surface area contributed by atoms with E-state index in [2.05, 4.69) is 5.32 Å². The van der Waals surface area contributed by atoms with Gasteiger partial charge in [-0.2, -0.15) is 0 Å². The predicted octanol–water partition coefficient (Wildman–Crippen LogP) is 3.09. The van der Waals surface area contributed by atoms with Gasteiger partial charge in [-0.05, 0) is 36.6 Å². The number of hydrogen-bond acceptors (Lipinski definition) is 2. The number of anilines is 1. The van der Waals surface area contributed by atoms with Gasteiger partial charge in [0.1, 0.15) is 0 Å². The number of carboxylic acids is 1.